The summed E-state index contributed by atoms with van der Waals surface area (Å²) in [5.74, 6) is 1.24. The van der Waals surface area contributed by atoms with Gasteiger partial charge < -0.3 is 34.4 Å². The largest absolute Gasteiger partial charge is 0.366 e. The van der Waals surface area contributed by atoms with Crippen molar-refractivity contribution in [3.8, 4) is 11.3 Å². The van der Waals surface area contributed by atoms with Crippen molar-refractivity contribution in [2.24, 2.45) is 5.92 Å². The molecule has 392 valence electrons. The summed E-state index contributed by atoms with van der Waals surface area (Å²) in [6.07, 6.45) is 15.2. The lowest BCUT2D eigenvalue weighted by molar-refractivity contribution is -0.149. The topological polar surface area (TPSA) is 172 Å². The lowest BCUT2D eigenvalue weighted by Crippen LogP contribution is -2.63. The number of imide groups is 1. The highest BCUT2D eigenvalue weighted by Crippen LogP contribution is 2.52. The zero-order valence-corrected chi connectivity index (χ0v) is 43.9. The second-order valence-corrected chi connectivity index (χ2v) is 23.6. The smallest absolute Gasteiger partial charge is 0.242 e. The average Bonchev–Trinajstić information content (AvgIpc) is 4.11. The number of piperidine rings is 4. The Morgan fingerprint density at radius 1 is 0.797 bits per heavy atom. The van der Waals surface area contributed by atoms with E-state index in [2.05, 4.69) is 77.9 Å². The molecule has 1 spiro atoms. The quantitative estimate of drug-likeness (QED) is 0.163. The second-order valence-electron chi connectivity index (χ2n) is 23.6. The first-order chi connectivity index (χ1) is 35.8. The fraction of sp³-hybridized carbons (Fsp3) is 0.614. The molecule has 17 nitrogen and oxygen atoms in total. The number of piperazine rings is 1. The molecular weight excluding hydrogens is 933 g/mol. The van der Waals surface area contributed by atoms with Gasteiger partial charge in [-0.3, -0.25) is 34.2 Å². The summed E-state index contributed by atoms with van der Waals surface area (Å²) in [6, 6.07) is 13.9. The number of hydrogen-bond acceptors (Lipinski definition) is 12. The zero-order chi connectivity index (χ0) is 51.0. The Morgan fingerprint density at radius 3 is 2.22 bits per heavy atom. The highest BCUT2D eigenvalue weighted by atomic mass is 16.2. The Morgan fingerprint density at radius 2 is 1.54 bits per heavy atom. The number of rotatable bonds is 11. The predicted molar refractivity (Wildman–Crippen MR) is 284 cm³/mol. The summed E-state index contributed by atoms with van der Waals surface area (Å²) >= 11 is 0. The minimum absolute atomic E-state index is 0.0642. The van der Waals surface area contributed by atoms with Crippen LogP contribution in [0.15, 0.2) is 48.9 Å². The van der Waals surface area contributed by atoms with Gasteiger partial charge in [-0.25, -0.2) is 15.0 Å². The Hall–Kier alpha value is -5.94. The van der Waals surface area contributed by atoms with Gasteiger partial charge in [-0.2, -0.15) is 0 Å². The first-order valence-corrected chi connectivity index (χ1v) is 28.0. The number of carbonyl (C=O) groups excluding carboxylic acids is 5. The van der Waals surface area contributed by atoms with Crippen molar-refractivity contribution in [3.63, 3.8) is 0 Å². The number of anilines is 3. The van der Waals surface area contributed by atoms with Gasteiger partial charge in [-0.1, -0.05) is 24.6 Å². The lowest BCUT2D eigenvalue weighted by atomic mass is 9.73. The molecule has 7 fully saturated rings. The number of benzene rings is 1. The normalized spacial score (nSPS) is 25.2. The summed E-state index contributed by atoms with van der Waals surface area (Å²) in [7, 11) is 0. The predicted octanol–water partition coefficient (Wildman–Crippen LogP) is 6.23. The minimum Gasteiger partial charge on any atom is -0.366 e. The third-order valence-corrected chi connectivity index (χ3v) is 18.5. The SMILES string of the molecule is CC(C)n1cnc2cc(-c3ccc4c(c3)N([C@H]3C[C@@H](N5CCCCC5)C3)C(=O)C43CCN(C(=O)C(C)(C)N4CCN(C(=O)C5CCN(c6ccc(C7CCC(=O)NC7=O)cn6)CC5)CC4)CC3)nc(NC3CC3)c21. The van der Waals surface area contributed by atoms with E-state index in [4.69, 9.17) is 9.97 Å². The molecule has 1 atom stereocenters. The molecule has 1 unspecified atom stereocenters. The van der Waals surface area contributed by atoms with Gasteiger partial charge in [0.15, 0.2) is 5.82 Å². The summed E-state index contributed by atoms with van der Waals surface area (Å²) in [4.78, 5) is 96.0. The van der Waals surface area contributed by atoms with Crippen molar-refractivity contribution in [1.82, 2.24) is 44.4 Å². The van der Waals surface area contributed by atoms with Crippen LogP contribution in [0.3, 0.4) is 0 Å². The summed E-state index contributed by atoms with van der Waals surface area (Å²) < 4.78 is 2.20. The van der Waals surface area contributed by atoms with Crippen LogP contribution >= 0.6 is 0 Å². The van der Waals surface area contributed by atoms with Crippen LogP contribution in [-0.4, -0.2) is 158 Å². The van der Waals surface area contributed by atoms with Crippen molar-refractivity contribution >= 4 is 57.9 Å². The van der Waals surface area contributed by atoms with Gasteiger partial charge in [0, 0.05) is 106 Å². The van der Waals surface area contributed by atoms with Gasteiger partial charge in [0.25, 0.3) is 0 Å². The highest BCUT2D eigenvalue weighted by molar-refractivity contribution is 6.09. The average molecular weight is 1010 g/mol. The first kappa shape index (κ1) is 49.0. The molecule has 0 bridgehead atoms. The molecule has 6 aliphatic heterocycles. The van der Waals surface area contributed by atoms with Crippen molar-refractivity contribution < 1.29 is 24.0 Å². The van der Waals surface area contributed by atoms with Crippen LogP contribution in [0, 0.1) is 5.92 Å². The van der Waals surface area contributed by atoms with E-state index in [-0.39, 0.29) is 53.5 Å². The summed E-state index contributed by atoms with van der Waals surface area (Å²) in [5.41, 5.74) is 5.22. The van der Waals surface area contributed by atoms with Crippen LogP contribution in [0.1, 0.15) is 134 Å². The van der Waals surface area contributed by atoms with Crippen LogP contribution in [0.25, 0.3) is 22.3 Å². The highest BCUT2D eigenvalue weighted by Gasteiger charge is 2.56. The van der Waals surface area contributed by atoms with Crippen molar-refractivity contribution in [2.75, 3.05) is 80.6 Å². The van der Waals surface area contributed by atoms with Gasteiger partial charge in [0.05, 0.1) is 34.4 Å². The molecule has 2 N–H and O–H groups in total. The molecule has 0 radical (unpaired) electrons. The fourth-order valence-electron chi connectivity index (χ4n) is 13.6. The number of hydrogen-bond donors (Lipinski definition) is 2. The number of nitrogens with one attached hydrogen (secondary N) is 2. The van der Waals surface area contributed by atoms with Gasteiger partial charge in [-0.15, -0.1) is 0 Å². The number of nitrogens with zero attached hydrogens (tertiary/aromatic N) is 10. The fourth-order valence-corrected chi connectivity index (χ4v) is 13.6. The summed E-state index contributed by atoms with van der Waals surface area (Å²) in [6.45, 7) is 15.5. The van der Waals surface area contributed by atoms with E-state index >= 15 is 4.79 Å². The van der Waals surface area contributed by atoms with Gasteiger partial charge >= 0.3 is 0 Å². The lowest BCUT2D eigenvalue weighted by Gasteiger charge is -2.49. The summed E-state index contributed by atoms with van der Waals surface area (Å²) in [5, 5.41) is 6.14. The molecular formula is C57H74N12O5. The molecule has 4 aromatic rings. The van der Waals surface area contributed by atoms with Crippen molar-refractivity contribution in [1.29, 1.82) is 0 Å². The molecule has 2 saturated carbocycles. The molecule has 9 heterocycles. The van der Waals surface area contributed by atoms with Gasteiger partial charge in [0.1, 0.15) is 11.3 Å². The van der Waals surface area contributed by atoms with E-state index in [1.165, 1.54) is 19.3 Å². The number of imidazole rings is 1. The monoisotopic (exact) mass is 1010 g/mol. The van der Waals surface area contributed by atoms with E-state index < -0.39 is 11.0 Å². The molecule has 2 aliphatic carbocycles. The van der Waals surface area contributed by atoms with Crippen LogP contribution in [0.4, 0.5) is 17.3 Å². The Labute approximate surface area is 434 Å². The first-order valence-electron chi connectivity index (χ1n) is 28.0. The Balaban J connectivity index is 0.697. The number of amides is 5. The van der Waals surface area contributed by atoms with E-state index in [9.17, 15) is 19.2 Å². The van der Waals surface area contributed by atoms with E-state index in [0.717, 1.165) is 115 Å². The molecule has 1 aromatic carbocycles. The molecule has 8 aliphatic rings. The maximum absolute atomic E-state index is 15.3. The number of pyridine rings is 2. The zero-order valence-electron chi connectivity index (χ0n) is 43.9. The standard InChI is InChI=1S/C57H74N12O5/c1-36(2)68-35-59-46-33-45(61-51(50(46)68)60-40-10-11-40)38-8-13-44-47(30-38)69(42-31-41(32-42)63-20-6-5-7-21-63)55(74)57(44)18-24-66(25-19-57)54(73)56(3,4)67-28-26-65(27-29-67)53(72)37-16-22-64(23-17-37)48-14-9-39(34-58-48)43-12-15-49(70)62-52(43)71/h8-9,13-14,30,33-37,40-43H,5-7,10-12,15-29,31-32H2,1-4H3,(H,60,61)(H,62,70,71)/t41-,42+,43?. The van der Waals surface area contributed by atoms with Gasteiger partial charge in [-0.05, 0) is 141 Å². The number of aromatic nitrogens is 4. The molecule has 3 aromatic heterocycles. The van der Waals surface area contributed by atoms with Gasteiger partial charge in [0.2, 0.25) is 29.5 Å². The Bertz CT molecular complexity index is 2820. The minimum atomic E-state index is -0.772. The van der Waals surface area contributed by atoms with Crippen molar-refractivity contribution in [3.05, 3.63) is 60.0 Å². The van der Waals surface area contributed by atoms with Crippen LogP contribution < -0.4 is 20.4 Å². The molecule has 12 rings (SSSR count). The number of carbonyl (C=O) groups is 5. The molecule has 5 amide bonds. The van der Waals surface area contributed by atoms with E-state index in [1.54, 1.807) is 6.20 Å². The van der Waals surface area contributed by atoms with Crippen LogP contribution in [0.5, 0.6) is 0 Å². The Kier molecular flexibility index (Phi) is 12.8. The maximum Gasteiger partial charge on any atom is 0.242 e. The maximum atomic E-state index is 15.3. The third kappa shape index (κ3) is 8.82. The molecule has 5 saturated heterocycles. The van der Waals surface area contributed by atoms with E-state index in [0.29, 0.717) is 77.0 Å². The number of fused-ring (bicyclic) bond motifs is 3. The molecule has 74 heavy (non-hydrogen) atoms. The van der Waals surface area contributed by atoms with Crippen molar-refractivity contribution in [2.45, 2.75) is 152 Å². The number of likely N-dealkylation sites (tertiary alicyclic amines) is 2. The van der Waals surface area contributed by atoms with Crippen LogP contribution in [0.2, 0.25) is 0 Å². The second kappa shape index (κ2) is 19.3. The van der Waals surface area contributed by atoms with Crippen LogP contribution in [-0.2, 0) is 29.4 Å². The third-order valence-electron chi connectivity index (χ3n) is 18.5. The van der Waals surface area contributed by atoms with E-state index in [1.807, 2.05) is 42.1 Å². The molecule has 17 heteroatoms.